The normalized spacial score (nSPS) is 13.2. The van der Waals surface area contributed by atoms with E-state index in [0.29, 0.717) is 42.6 Å². The van der Waals surface area contributed by atoms with Crippen molar-refractivity contribution in [2.45, 2.75) is 31.1 Å². The average Bonchev–Trinajstić information content (AvgIpc) is 3.08. The topological polar surface area (TPSA) is 90.0 Å². The van der Waals surface area contributed by atoms with Crippen LogP contribution in [0, 0.1) is 18.6 Å². The number of amides is 2. The largest absolute Gasteiger partial charge is 0.494 e. The Balaban J connectivity index is 1.26. The van der Waals surface area contributed by atoms with Crippen molar-refractivity contribution in [1.82, 2.24) is 0 Å². The molecule has 7 nitrogen and oxygen atoms in total. The molecule has 0 saturated carbocycles. The van der Waals surface area contributed by atoms with Gasteiger partial charge in [0.05, 0.1) is 34.9 Å². The second kappa shape index (κ2) is 10.5. The number of hydrogen-bond donors (Lipinski definition) is 0. The number of fused-ring (bicyclic) bond motifs is 1. The Morgan fingerprint density at radius 3 is 2.22 bits per heavy atom. The van der Waals surface area contributed by atoms with E-state index in [9.17, 15) is 26.8 Å². The highest BCUT2D eigenvalue weighted by Crippen LogP contribution is 2.32. The summed E-state index contributed by atoms with van der Waals surface area (Å²) in [6.45, 7) is 2.20. The van der Waals surface area contributed by atoms with Crippen LogP contribution in [0.15, 0.2) is 65.6 Å². The number of unbranched alkanes of at least 4 members (excludes halogenated alkanes) is 2. The van der Waals surface area contributed by atoms with Crippen molar-refractivity contribution in [2.24, 2.45) is 0 Å². The average molecular weight is 516 g/mol. The molecule has 10 heteroatoms. The first-order valence-corrected chi connectivity index (χ1v) is 12.6. The Morgan fingerprint density at radius 1 is 0.806 bits per heavy atom. The summed E-state index contributed by atoms with van der Waals surface area (Å²) >= 11 is 0. The van der Waals surface area contributed by atoms with Crippen LogP contribution in [0.25, 0.3) is 0 Å². The molecule has 0 saturated heterocycles. The van der Waals surface area contributed by atoms with Crippen molar-refractivity contribution in [2.75, 3.05) is 18.1 Å². The minimum absolute atomic E-state index is 0.0431. The molecule has 1 aliphatic rings. The molecule has 36 heavy (non-hydrogen) atoms. The molecule has 188 valence electrons. The standard InChI is InChI=1S/C26H23F2NO6S/c1-17-5-9-20(10-6-17)36(32,33)35-14-4-2-3-13-34-19-8-11-21-22(16-19)26(31)29(25(21)30)24-12-7-18(27)15-23(24)28/h5-12,15-16H,2-4,13-14H2,1H3. The highest BCUT2D eigenvalue weighted by atomic mass is 32.2. The predicted octanol–water partition coefficient (Wildman–Crippen LogP) is 5.03. The zero-order valence-corrected chi connectivity index (χ0v) is 20.2. The number of ether oxygens (including phenoxy) is 1. The van der Waals surface area contributed by atoms with Crippen LogP contribution in [-0.2, 0) is 14.3 Å². The number of nitrogens with zero attached hydrogens (tertiary/aromatic N) is 1. The summed E-state index contributed by atoms with van der Waals surface area (Å²) in [6, 6.07) is 13.4. The molecule has 3 aromatic rings. The highest BCUT2D eigenvalue weighted by molar-refractivity contribution is 7.86. The minimum Gasteiger partial charge on any atom is -0.494 e. The predicted molar refractivity (Wildman–Crippen MR) is 128 cm³/mol. The molecular formula is C26H23F2NO6S. The Hall–Kier alpha value is -3.63. The number of hydrogen-bond acceptors (Lipinski definition) is 6. The van der Waals surface area contributed by atoms with Crippen LogP contribution >= 0.6 is 0 Å². The van der Waals surface area contributed by atoms with Gasteiger partial charge in [-0.25, -0.2) is 13.7 Å². The summed E-state index contributed by atoms with van der Waals surface area (Å²) in [7, 11) is -3.79. The molecule has 4 rings (SSSR count). The molecule has 0 aliphatic carbocycles. The first-order chi connectivity index (χ1) is 17.2. The maximum absolute atomic E-state index is 14.2. The molecular weight excluding hydrogens is 492 g/mol. The Kier molecular flexibility index (Phi) is 7.46. The molecule has 2 amide bonds. The van der Waals surface area contributed by atoms with Gasteiger partial charge in [0.1, 0.15) is 17.4 Å². The third-order valence-electron chi connectivity index (χ3n) is 5.61. The fourth-order valence-corrected chi connectivity index (χ4v) is 4.65. The van der Waals surface area contributed by atoms with E-state index in [1.807, 2.05) is 6.92 Å². The maximum Gasteiger partial charge on any atom is 0.296 e. The first-order valence-electron chi connectivity index (χ1n) is 11.2. The molecule has 1 aliphatic heterocycles. The van der Waals surface area contributed by atoms with Crippen molar-refractivity contribution < 1.29 is 35.7 Å². The Bertz CT molecular complexity index is 1410. The van der Waals surface area contributed by atoms with Crippen molar-refractivity contribution in [1.29, 1.82) is 0 Å². The number of benzene rings is 3. The van der Waals surface area contributed by atoms with Gasteiger partial charge < -0.3 is 4.74 Å². The Morgan fingerprint density at radius 2 is 1.50 bits per heavy atom. The van der Waals surface area contributed by atoms with Gasteiger partial charge >= 0.3 is 0 Å². The van der Waals surface area contributed by atoms with Crippen LogP contribution in [0.4, 0.5) is 14.5 Å². The van der Waals surface area contributed by atoms with E-state index < -0.39 is 33.6 Å². The summed E-state index contributed by atoms with van der Waals surface area (Å²) in [5.74, 6) is -2.90. The summed E-state index contributed by atoms with van der Waals surface area (Å²) in [6.07, 6.45) is 1.75. The van der Waals surface area contributed by atoms with Gasteiger partial charge in [0.25, 0.3) is 21.9 Å². The lowest BCUT2D eigenvalue weighted by atomic mass is 10.1. The fraction of sp³-hybridized carbons (Fsp3) is 0.231. The van der Waals surface area contributed by atoms with Gasteiger partial charge in [-0.05, 0) is 68.7 Å². The van der Waals surface area contributed by atoms with E-state index in [-0.39, 0.29) is 28.3 Å². The number of carbonyl (C=O) groups is 2. The summed E-state index contributed by atoms with van der Waals surface area (Å²) in [4.78, 5) is 26.2. The third-order valence-corrected chi connectivity index (χ3v) is 6.94. The molecule has 0 aromatic heterocycles. The third kappa shape index (κ3) is 5.44. The molecule has 0 bridgehead atoms. The van der Waals surface area contributed by atoms with E-state index in [1.165, 1.54) is 30.3 Å². The number of anilines is 1. The van der Waals surface area contributed by atoms with Crippen LogP contribution in [0.2, 0.25) is 0 Å². The van der Waals surface area contributed by atoms with Crippen LogP contribution in [0.3, 0.4) is 0 Å². The van der Waals surface area contributed by atoms with Crippen LogP contribution < -0.4 is 9.64 Å². The van der Waals surface area contributed by atoms with E-state index in [2.05, 4.69) is 0 Å². The zero-order chi connectivity index (χ0) is 25.9. The fourth-order valence-electron chi connectivity index (χ4n) is 3.70. The van der Waals surface area contributed by atoms with E-state index in [0.717, 1.165) is 17.7 Å². The van der Waals surface area contributed by atoms with Gasteiger partial charge in [-0.2, -0.15) is 8.42 Å². The van der Waals surface area contributed by atoms with Crippen LogP contribution in [-0.4, -0.2) is 33.4 Å². The van der Waals surface area contributed by atoms with Crippen molar-refractivity contribution in [3.8, 4) is 5.75 Å². The van der Waals surface area contributed by atoms with Gasteiger partial charge in [-0.3, -0.25) is 13.8 Å². The van der Waals surface area contributed by atoms with Crippen molar-refractivity contribution in [3.63, 3.8) is 0 Å². The van der Waals surface area contributed by atoms with Gasteiger partial charge in [-0.15, -0.1) is 0 Å². The molecule has 0 fully saturated rings. The lowest BCUT2D eigenvalue weighted by Crippen LogP contribution is -2.30. The Labute approximate surface area is 207 Å². The highest BCUT2D eigenvalue weighted by Gasteiger charge is 2.38. The monoisotopic (exact) mass is 515 g/mol. The SMILES string of the molecule is Cc1ccc(S(=O)(=O)OCCCCCOc2ccc3c(c2)C(=O)N(c2ccc(F)cc2F)C3=O)cc1. The molecule has 3 aromatic carbocycles. The maximum atomic E-state index is 14.2. The number of halogens is 2. The molecule has 0 N–H and O–H groups in total. The van der Waals surface area contributed by atoms with Gasteiger partial charge in [0.2, 0.25) is 0 Å². The number of imide groups is 1. The van der Waals surface area contributed by atoms with Crippen molar-refractivity contribution in [3.05, 3.63) is 89.0 Å². The van der Waals surface area contributed by atoms with Crippen molar-refractivity contribution >= 4 is 27.6 Å². The number of rotatable bonds is 10. The van der Waals surface area contributed by atoms with E-state index in [4.69, 9.17) is 8.92 Å². The zero-order valence-electron chi connectivity index (χ0n) is 19.4. The summed E-state index contributed by atoms with van der Waals surface area (Å²) in [5, 5.41) is 0. The second-order valence-electron chi connectivity index (χ2n) is 8.25. The smallest absolute Gasteiger partial charge is 0.296 e. The van der Waals surface area contributed by atoms with Gasteiger partial charge in [-0.1, -0.05) is 17.7 Å². The van der Waals surface area contributed by atoms with Crippen LogP contribution in [0.5, 0.6) is 5.75 Å². The quantitative estimate of drug-likeness (QED) is 0.214. The minimum atomic E-state index is -3.79. The summed E-state index contributed by atoms with van der Waals surface area (Å²) < 4.78 is 62.4. The molecule has 0 radical (unpaired) electrons. The first kappa shape index (κ1) is 25.5. The molecule has 1 heterocycles. The lowest BCUT2D eigenvalue weighted by Gasteiger charge is -2.14. The molecule has 0 spiro atoms. The second-order valence-corrected chi connectivity index (χ2v) is 9.86. The summed E-state index contributed by atoms with van der Waals surface area (Å²) in [5.41, 5.74) is 0.794. The lowest BCUT2D eigenvalue weighted by molar-refractivity contribution is 0.0924. The molecule has 0 unspecified atom stereocenters. The molecule has 0 atom stereocenters. The number of carbonyl (C=O) groups excluding carboxylic acids is 2. The van der Waals surface area contributed by atoms with Gasteiger partial charge in [0, 0.05) is 6.07 Å². The van der Waals surface area contributed by atoms with Crippen LogP contribution in [0.1, 0.15) is 45.5 Å². The van der Waals surface area contributed by atoms with E-state index >= 15 is 0 Å². The van der Waals surface area contributed by atoms with Gasteiger partial charge in [0.15, 0.2) is 0 Å². The number of aryl methyl sites for hydroxylation is 1. The van der Waals surface area contributed by atoms with E-state index in [1.54, 1.807) is 12.1 Å².